The zero-order valence-electron chi connectivity index (χ0n) is 14.5. The van der Waals surface area contributed by atoms with Crippen LogP contribution in [0, 0.1) is 5.41 Å². The van der Waals surface area contributed by atoms with Gasteiger partial charge in [-0.25, -0.2) is 0 Å². The minimum absolute atomic E-state index is 0.0620. The number of halogens is 3. The third-order valence-electron chi connectivity index (χ3n) is 5.34. The molecule has 2 fully saturated rings. The number of hydrogen-bond acceptors (Lipinski definition) is 3. The van der Waals surface area contributed by atoms with E-state index < -0.39 is 40.5 Å². The molecule has 1 saturated carbocycles. The zero-order valence-corrected chi connectivity index (χ0v) is 14.5. The first-order valence-electron chi connectivity index (χ1n) is 8.65. The van der Waals surface area contributed by atoms with Crippen LogP contribution >= 0.6 is 0 Å². The normalized spacial score (nSPS) is 19.4. The number of nitrogens with zero attached hydrogens (tertiary/aromatic N) is 2. The second kappa shape index (κ2) is 6.86. The van der Waals surface area contributed by atoms with E-state index in [4.69, 9.17) is 0 Å². The quantitative estimate of drug-likeness (QED) is 0.811. The van der Waals surface area contributed by atoms with Crippen molar-refractivity contribution in [1.29, 1.82) is 0 Å². The maximum Gasteiger partial charge on any atom is 0.417 e. The number of piperazine rings is 1. The topological polar surface area (TPSA) is 77.9 Å². The van der Waals surface area contributed by atoms with Gasteiger partial charge in [-0.1, -0.05) is 18.6 Å². The van der Waals surface area contributed by atoms with Gasteiger partial charge in [0.1, 0.15) is 5.41 Å². The van der Waals surface area contributed by atoms with Crippen LogP contribution in [0.25, 0.3) is 0 Å². The van der Waals surface area contributed by atoms with Crippen molar-refractivity contribution in [3.05, 3.63) is 35.4 Å². The lowest BCUT2D eigenvalue weighted by atomic mass is 9.67. The van der Waals surface area contributed by atoms with Gasteiger partial charge in [-0.05, 0) is 25.0 Å². The van der Waals surface area contributed by atoms with Gasteiger partial charge in [0, 0.05) is 26.2 Å². The van der Waals surface area contributed by atoms with E-state index in [1.54, 1.807) is 0 Å². The highest BCUT2D eigenvalue weighted by Gasteiger charge is 2.53. The average molecular weight is 384 g/mol. The highest BCUT2D eigenvalue weighted by molar-refractivity contribution is 6.03. The molecule has 1 aliphatic carbocycles. The standard InChI is InChI=1S/C18H19F3N2O4/c19-18(20,21)13-5-2-1-4-12(13)14(24)22-8-10-23(11-9-22)15(25)17(16(26)27)6-3-7-17/h1-2,4-5H,3,6-11H2,(H,26,27). The summed E-state index contributed by atoms with van der Waals surface area (Å²) in [5, 5.41) is 9.36. The Labute approximate surface area is 153 Å². The van der Waals surface area contributed by atoms with Gasteiger partial charge in [0.05, 0.1) is 11.1 Å². The number of alkyl halides is 3. The van der Waals surface area contributed by atoms with Crippen molar-refractivity contribution < 1.29 is 32.7 Å². The Morgan fingerprint density at radius 1 is 0.963 bits per heavy atom. The Kier molecular flexibility index (Phi) is 4.88. The molecule has 1 aromatic carbocycles. The fourth-order valence-corrected chi connectivity index (χ4v) is 3.55. The number of rotatable bonds is 3. The molecule has 0 radical (unpaired) electrons. The summed E-state index contributed by atoms with van der Waals surface area (Å²) in [7, 11) is 0. The Morgan fingerprint density at radius 2 is 1.52 bits per heavy atom. The number of hydrogen-bond donors (Lipinski definition) is 1. The molecule has 2 amide bonds. The molecule has 0 atom stereocenters. The predicted octanol–water partition coefficient (Wildman–Crippen LogP) is 2.24. The van der Waals surface area contributed by atoms with Crippen molar-refractivity contribution in [2.75, 3.05) is 26.2 Å². The van der Waals surface area contributed by atoms with Crippen molar-refractivity contribution in [1.82, 2.24) is 9.80 Å². The number of carboxylic acids is 1. The molecule has 0 aromatic heterocycles. The molecule has 1 N–H and O–H groups in total. The summed E-state index contributed by atoms with van der Waals surface area (Å²) in [6, 6.07) is 4.59. The van der Waals surface area contributed by atoms with Gasteiger partial charge in [0.15, 0.2) is 0 Å². The molecule has 9 heteroatoms. The smallest absolute Gasteiger partial charge is 0.417 e. The van der Waals surface area contributed by atoms with E-state index in [9.17, 15) is 32.7 Å². The Balaban J connectivity index is 1.69. The lowest BCUT2D eigenvalue weighted by Gasteiger charge is -2.43. The largest absolute Gasteiger partial charge is 0.480 e. The number of carbonyl (C=O) groups is 3. The molecule has 27 heavy (non-hydrogen) atoms. The van der Waals surface area contributed by atoms with E-state index in [0.717, 1.165) is 12.1 Å². The van der Waals surface area contributed by atoms with Crippen LogP contribution in [0.15, 0.2) is 24.3 Å². The molecule has 0 unspecified atom stereocenters. The van der Waals surface area contributed by atoms with Gasteiger partial charge < -0.3 is 14.9 Å². The molecule has 146 valence electrons. The molecule has 0 spiro atoms. The second-order valence-corrected chi connectivity index (χ2v) is 6.87. The lowest BCUT2D eigenvalue weighted by Crippen LogP contribution is -2.58. The van der Waals surface area contributed by atoms with Crippen molar-refractivity contribution in [2.45, 2.75) is 25.4 Å². The summed E-state index contributed by atoms with van der Waals surface area (Å²) in [6.07, 6.45) is -3.38. The molecule has 1 saturated heterocycles. The molecule has 2 aliphatic rings. The molecule has 1 heterocycles. The summed E-state index contributed by atoms with van der Waals surface area (Å²) >= 11 is 0. The Bertz CT molecular complexity index is 766. The van der Waals surface area contributed by atoms with E-state index in [-0.39, 0.29) is 26.2 Å². The van der Waals surface area contributed by atoms with E-state index in [0.29, 0.717) is 19.3 Å². The maximum absolute atomic E-state index is 13.1. The van der Waals surface area contributed by atoms with E-state index in [1.165, 1.54) is 21.9 Å². The zero-order chi connectivity index (χ0) is 19.8. The van der Waals surface area contributed by atoms with Crippen LogP contribution in [0.1, 0.15) is 35.2 Å². The summed E-state index contributed by atoms with van der Waals surface area (Å²) in [6.45, 7) is 0.334. The Hall–Kier alpha value is -2.58. The monoisotopic (exact) mass is 384 g/mol. The van der Waals surface area contributed by atoms with Crippen LogP contribution in [0.5, 0.6) is 0 Å². The fourth-order valence-electron chi connectivity index (χ4n) is 3.55. The third kappa shape index (κ3) is 3.38. The number of amides is 2. The Morgan fingerprint density at radius 3 is 2.00 bits per heavy atom. The van der Waals surface area contributed by atoms with Crippen LogP contribution in [-0.2, 0) is 15.8 Å². The summed E-state index contributed by atoms with van der Waals surface area (Å²) < 4.78 is 39.4. The van der Waals surface area contributed by atoms with E-state index in [2.05, 4.69) is 0 Å². The van der Waals surface area contributed by atoms with Gasteiger partial charge in [-0.3, -0.25) is 14.4 Å². The van der Waals surface area contributed by atoms with Crippen LogP contribution < -0.4 is 0 Å². The average Bonchev–Trinajstić information content (AvgIpc) is 2.59. The highest BCUT2D eigenvalue weighted by atomic mass is 19.4. The summed E-state index contributed by atoms with van der Waals surface area (Å²) in [5.41, 5.74) is -2.80. The predicted molar refractivity (Wildman–Crippen MR) is 87.8 cm³/mol. The van der Waals surface area contributed by atoms with Crippen LogP contribution in [0.3, 0.4) is 0 Å². The van der Waals surface area contributed by atoms with Gasteiger partial charge in [0.25, 0.3) is 5.91 Å². The minimum atomic E-state index is -4.64. The SMILES string of the molecule is O=C(c1ccccc1C(F)(F)F)N1CCN(C(=O)C2(C(=O)O)CCC2)CC1. The van der Waals surface area contributed by atoms with Crippen molar-refractivity contribution >= 4 is 17.8 Å². The molecule has 0 bridgehead atoms. The molecular weight excluding hydrogens is 365 g/mol. The van der Waals surface area contributed by atoms with Gasteiger partial charge in [-0.15, -0.1) is 0 Å². The molecule has 1 aromatic rings. The van der Waals surface area contributed by atoms with Crippen molar-refractivity contribution in [2.24, 2.45) is 5.41 Å². The summed E-state index contributed by atoms with van der Waals surface area (Å²) in [5.74, 6) is -2.35. The highest BCUT2D eigenvalue weighted by Crippen LogP contribution is 2.43. The molecule has 6 nitrogen and oxygen atoms in total. The first-order valence-corrected chi connectivity index (χ1v) is 8.65. The number of aliphatic carboxylic acids is 1. The van der Waals surface area contributed by atoms with Crippen LogP contribution in [0.4, 0.5) is 13.2 Å². The first-order chi connectivity index (χ1) is 12.7. The van der Waals surface area contributed by atoms with Crippen molar-refractivity contribution in [3.8, 4) is 0 Å². The third-order valence-corrected chi connectivity index (χ3v) is 5.34. The lowest BCUT2D eigenvalue weighted by molar-refractivity contribution is -0.168. The van der Waals surface area contributed by atoms with Gasteiger partial charge >= 0.3 is 12.1 Å². The van der Waals surface area contributed by atoms with Gasteiger partial charge in [0.2, 0.25) is 5.91 Å². The number of benzene rings is 1. The maximum atomic E-state index is 13.1. The minimum Gasteiger partial charge on any atom is -0.480 e. The van der Waals surface area contributed by atoms with E-state index >= 15 is 0 Å². The molecular formula is C18H19F3N2O4. The number of carboxylic acid groups (broad SMARTS) is 1. The number of carbonyl (C=O) groups excluding carboxylic acids is 2. The fraction of sp³-hybridized carbons (Fsp3) is 0.500. The molecule has 1 aliphatic heterocycles. The van der Waals surface area contributed by atoms with Crippen LogP contribution in [-0.4, -0.2) is 58.9 Å². The molecule has 3 rings (SSSR count). The van der Waals surface area contributed by atoms with Gasteiger partial charge in [-0.2, -0.15) is 13.2 Å². The first kappa shape index (κ1) is 19.2. The van der Waals surface area contributed by atoms with E-state index in [1.807, 2.05) is 0 Å². The van der Waals surface area contributed by atoms with Crippen molar-refractivity contribution in [3.63, 3.8) is 0 Å². The van der Waals surface area contributed by atoms with Crippen LogP contribution in [0.2, 0.25) is 0 Å². The second-order valence-electron chi connectivity index (χ2n) is 6.87. The summed E-state index contributed by atoms with van der Waals surface area (Å²) in [4.78, 5) is 39.2.